The molecule has 0 bridgehead atoms. The summed E-state index contributed by atoms with van der Waals surface area (Å²) in [6, 6.07) is 24.8. The lowest BCUT2D eigenvalue weighted by Gasteiger charge is -2.48. The van der Waals surface area contributed by atoms with Crippen molar-refractivity contribution < 1.29 is 4.79 Å². The molecular weight excluding hydrogens is 420 g/mol. The average Bonchev–Trinajstić information content (AvgIpc) is 2.91. The number of nitrogens with zero attached hydrogens (tertiary/aromatic N) is 4. The Morgan fingerprint density at radius 3 is 1.82 bits per heavy atom. The number of aromatic nitrogens is 3. The van der Waals surface area contributed by atoms with Crippen molar-refractivity contribution in [1.29, 1.82) is 0 Å². The lowest BCUT2D eigenvalue weighted by Crippen LogP contribution is -2.42. The molecule has 1 spiro atoms. The van der Waals surface area contributed by atoms with E-state index < -0.39 is 5.41 Å². The molecule has 4 heterocycles. The molecule has 5 aromatic rings. The molecule has 0 atom stereocenters. The monoisotopic (exact) mass is 438 g/mol. The van der Waals surface area contributed by atoms with Crippen LogP contribution in [0.25, 0.3) is 0 Å². The Kier molecular flexibility index (Phi) is 3.85. The number of anilines is 3. The minimum Gasteiger partial charge on any atom is -0.308 e. The number of ketones is 1. The van der Waals surface area contributed by atoms with Crippen LogP contribution in [0.2, 0.25) is 0 Å². The standard InChI is InChI=1S/C29H18N4O/c34-28-20-16-30-13-10-22(20)29(23-11-14-31-17-21(23)28)24-8-4-5-9-26(24)33(19-6-2-1-3-7-19)27-18-32-15-12-25(27)29/h1-18H. The van der Waals surface area contributed by atoms with E-state index in [2.05, 4.69) is 62.3 Å². The number of fused-ring (bicyclic) bond motifs is 8. The van der Waals surface area contributed by atoms with Crippen LogP contribution in [0.3, 0.4) is 0 Å². The molecular formula is C29H18N4O. The number of carbonyl (C=O) groups excluding carboxylic acids is 1. The maximum Gasteiger partial charge on any atom is 0.196 e. The quantitative estimate of drug-likeness (QED) is 0.335. The lowest BCUT2D eigenvalue weighted by atomic mass is 9.58. The van der Waals surface area contributed by atoms with Crippen LogP contribution >= 0.6 is 0 Å². The summed E-state index contributed by atoms with van der Waals surface area (Å²) in [7, 11) is 0. The molecule has 5 heteroatoms. The third-order valence-corrected chi connectivity index (χ3v) is 6.95. The van der Waals surface area contributed by atoms with Crippen LogP contribution in [-0.2, 0) is 5.41 Å². The highest BCUT2D eigenvalue weighted by Crippen LogP contribution is 2.59. The van der Waals surface area contributed by atoms with Gasteiger partial charge in [0.1, 0.15) is 0 Å². The number of carbonyl (C=O) groups is 1. The van der Waals surface area contributed by atoms with E-state index >= 15 is 0 Å². The van der Waals surface area contributed by atoms with Gasteiger partial charge >= 0.3 is 0 Å². The summed E-state index contributed by atoms with van der Waals surface area (Å²) < 4.78 is 0. The van der Waals surface area contributed by atoms with Gasteiger partial charge in [0.2, 0.25) is 0 Å². The molecule has 0 unspecified atom stereocenters. The van der Waals surface area contributed by atoms with Crippen molar-refractivity contribution in [1.82, 2.24) is 15.0 Å². The SMILES string of the molecule is O=C1c2cnccc2C2(c3ccncc31)c1ccccc1N(c1ccccc1)c1cnccc12. The van der Waals surface area contributed by atoms with Crippen molar-refractivity contribution >= 4 is 22.8 Å². The second-order valence-corrected chi connectivity index (χ2v) is 8.50. The largest absolute Gasteiger partial charge is 0.308 e. The molecule has 0 radical (unpaired) electrons. The van der Waals surface area contributed by atoms with Gasteiger partial charge < -0.3 is 4.90 Å². The van der Waals surface area contributed by atoms with E-state index in [-0.39, 0.29) is 5.78 Å². The molecule has 160 valence electrons. The first kappa shape index (κ1) is 18.9. The number of pyridine rings is 3. The summed E-state index contributed by atoms with van der Waals surface area (Å²) in [4.78, 5) is 28.9. The molecule has 0 saturated heterocycles. The first-order chi connectivity index (χ1) is 16.8. The number of hydrogen-bond acceptors (Lipinski definition) is 5. The van der Waals surface area contributed by atoms with Crippen LogP contribution in [-0.4, -0.2) is 20.7 Å². The van der Waals surface area contributed by atoms with E-state index in [4.69, 9.17) is 0 Å². The van der Waals surface area contributed by atoms with Crippen molar-refractivity contribution in [2.24, 2.45) is 0 Å². The van der Waals surface area contributed by atoms with Gasteiger partial charge in [0.05, 0.1) is 23.0 Å². The van der Waals surface area contributed by atoms with Crippen LogP contribution in [0.4, 0.5) is 17.1 Å². The smallest absolute Gasteiger partial charge is 0.196 e. The van der Waals surface area contributed by atoms with Crippen molar-refractivity contribution in [3.63, 3.8) is 0 Å². The third kappa shape index (κ3) is 2.28. The normalized spacial score (nSPS) is 14.7. The molecule has 2 aliphatic rings. The Labute approximate surface area is 196 Å². The molecule has 0 fully saturated rings. The highest BCUT2D eigenvalue weighted by molar-refractivity contribution is 6.14. The molecule has 2 aromatic carbocycles. The van der Waals surface area contributed by atoms with E-state index in [0.717, 1.165) is 39.3 Å². The molecule has 1 aliphatic heterocycles. The minimum absolute atomic E-state index is 0.0459. The fraction of sp³-hybridized carbons (Fsp3) is 0.0345. The van der Waals surface area contributed by atoms with Gasteiger partial charge in [-0.2, -0.15) is 0 Å². The first-order valence-corrected chi connectivity index (χ1v) is 11.1. The van der Waals surface area contributed by atoms with Gasteiger partial charge in [-0.3, -0.25) is 19.7 Å². The topological polar surface area (TPSA) is 59.0 Å². The summed E-state index contributed by atoms with van der Waals surface area (Å²) in [6.07, 6.45) is 10.7. The van der Waals surface area contributed by atoms with Crippen LogP contribution < -0.4 is 4.90 Å². The van der Waals surface area contributed by atoms with E-state index in [9.17, 15) is 4.79 Å². The summed E-state index contributed by atoms with van der Waals surface area (Å²) >= 11 is 0. The van der Waals surface area contributed by atoms with E-state index in [1.807, 2.05) is 42.7 Å². The second kappa shape index (κ2) is 6.93. The second-order valence-electron chi connectivity index (χ2n) is 8.50. The Morgan fingerprint density at radius 2 is 1.12 bits per heavy atom. The Balaban J connectivity index is 1.69. The van der Waals surface area contributed by atoms with Gasteiger partial charge in [0, 0.05) is 47.8 Å². The zero-order valence-corrected chi connectivity index (χ0v) is 18.1. The van der Waals surface area contributed by atoms with E-state index in [1.165, 1.54) is 0 Å². The van der Waals surface area contributed by atoms with Gasteiger partial charge in [-0.25, -0.2) is 0 Å². The fourth-order valence-corrected chi connectivity index (χ4v) is 5.67. The molecule has 5 nitrogen and oxygen atoms in total. The highest BCUT2D eigenvalue weighted by atomic mass is 16.1. The van der Waals surface area contributed by atoms with E-state index in [0.29, 0.717) is 11.1 Å². The lowest BCUT2D eigenvalue weighted by molar-refractivity contribution is 0.103. The number of para-hydroxylation sites is 2. The molecule has 0 saturated carbocycles. The van der Waals surface area contributed by atoms with Crippen molar-refractivity contribution in [2.75, 3.05) is 4.90 Å². The maximum absolute atomic E-state index is 13.5. The predicted molar refractivity (Wildman–Crippen MR) is 130 cm³/mol. The van der Waals surface area contributed by atoms with Gasteiger partial charge in [-0.05, 0) is 58.7 Å². The maximum atomic E-state index is 13.5. The number of rotatable bonds is 1. The van der Waals surface area contributed by atoms with Gasteiger partial charge in [-0.15, -0.1) is 0 Å². The number of hydrogen-bond donors (Lipinski definition) is 0. The van der Waals surface area contributed by atoms with Crippen LogP contribution in [0.1, 0.15) is 38.2 Å². The highest BCUT2D eigenvalue weighted by Gasteiger charge is 2.51. The van der Waals surface area contributed by atoms with Gasteiger partial charge in [-0.1, -0.05) is 36.4 Å². The molecule has 0 N–H and O–H groups in total. The summed E-state index contributed by atoms with van der Waals surface area (Å²) in [5.74, 6) is -0.0459. The molecule has 3 aromatic heterocycles. The average molecular weight is 438 g/mol. The van der Waals surface area contributed by atoms with Gasteiger partial charge in [0.15, 0.2) is 5.78 Å². The Morgan fingerprint density at radius 1 is 0.559 bits per heavy atom. The molecule has 34 heavy (non-hydrogen) atoms. The predicted octanol–water partition coefficient (Wildman–Crippen LogP) is 5.58. The first-order valence-electron chi connectivity index (χ1n) is 11.1. The van der Waals surface area contributed by atoms with Crippen LogP contribution in [0.15, 0.2) is 110 Å². The van der Waals surface area contributed by atoms with Crippen LogP contribution in [0, 0.1) is 0 Å². The summed E-state index contributed by atoms with van der Waals surface area (Å²) in [5, 5.41) is 0. The molecule has 7 rings (SSSR count). The van der Waals surface area contributed by atoms with E-state index in [1.54, 1.807) is 24.8 Å². The summed E-state index contributed by atoms with van der Waals surface area (Å²) in [5.41, 5.74) is 7.62. The van der Waals surface area contributed by atoms with Crippen molar-refractivity contribution in [2.45, 2.75) is 5.41 Å². The number of benzene rings is 2. The Bertz CT molecular complexity index is 1500. The Hall–Kier alpha value is -4.64. The molecule has 1 aliphatic carbocycles. The summed E-state index contributed by atoms with van der Waals surface area (Å²) in [6.45, 7) is 0. The fourth-order valence-electron chi connectivity index (χ4n) is 5.67. The van der Waals surface area contributed by atoms with Crippen LogP contribution in [0.5, 0.6) is 0 Å². The van der Waals surface area contributed by atoms with Crippen molar-refractivity contribution in [3.05, 3.63) is 143 Å². The zero-order valence-electron chi connectivity index (χ0n) is 18.1. The zero-order chi connectivity index (χ0) is 22.7. The minimum atomic E-state index is -0.704. The van der Waals surface area contributed by atoms with Gasteiger partial charge in [0.25, 0.3) is 0 Å². The molecule has 0 amide bonds. The third-order valence-electron chi connectivity index (χ3n) is 6.95. The van der Waals surface area contributed by atoms with Crippen molar-refractivity contribution in [3.8, 4) is 0 Å².